The SMILES string of the molecule is N#CCCn1c(N2CCCN(CCC3(c4ccccc4)CCN(C(=O)c4ccccc4)C3)CC2)nc2ccccc21. The molecule has 41 heavy (non-hydrogen) atoms. The van der Waals surface area contributed by atoms with Crippen molar-refractivity contribution in [3.05, 3.63) is 96.1 Å². The second kappa shape index (κ2) is 12.2. The zero-order chi connectivity index (χ0) is 28.1. The van der Waals surface area contributed by atoms with E-state index in [1.54, 1.807) is 0 Å². The lowest BCUT2D eigenvalue weighted by molar-refractivity contribution is 0.0781. The Bertz CT molecular complexity index is 1510. The van der Waals surface area contributed by atoms with Crippen LogP contribution in [0.4, 0.5) is 5.95 Å². The smallest absolute Gasteiger partial charge is 0.253 e. The molecule has 4 aromatic rings. The first-order valence-corrected chi connectivity index (χ1v) is 14.9. The molecule has 0 radical (unpaired) electrons. The van der Waals surface area contributed by atoms with Crippen molar-refractivity contribution >= 4 is 22.9 Å². The van der Waals surface area contributed by atoms with Gasteiger partial charge < -0.3 is 19.3 Å². The second-order valence-electron chi connectivity index (χ2n) is 11.4. The van der Waals surface area contributed by atoms with E-state index in [1.165, 1.54) is 5.56 Å². The maximum Gasteiger partial charge on any atom is 0.253 e. The van der Waals surface area contributed by atoms with Gasteiger partial charge in [-0.3, -0.25) is 4.79 Å². The van der Waals surface area contributed by atoms with Crippen molar-refractivity contribution in [1.29, 1.82) is 5.26 Å². The highest BCUT2D eigenvalue weighted by Gasteiger charge is 2.41. The Morgan fingerprint density at radius 1 is 0.854 bits per heavy atom. The number of para-hydroxylation sites is 2. The van der Waals surface area contributed by atoms with Gasteiger partial charge in [0.15, 0.2) is 0 Å². The van der Waals surface area contributed by atoms with Crippen molar-refractivity contribution < 1.29 is 4.79 Å². The zero-order valence-electron chi connectivity index (χ0n) is 23.7. The number of hydrogen-bond donors (Lipinski definition) is 0. The molecule has 2 aliphatic heterocycles. The van der Waals surface area contributed by atoms with Crippen LogP contribution in [0.3, 0.4) is 0 Å². The van der Waals surface area contributed by atoms with Gasteiger partial charge in [0.1, 0.15) is 0 Å². The van der Waals surface area contributed by atoms with Crippen molar-refractivity contribution in [3.8, 4) is 6.07 Å². The molecule has 0 aliphatic carbocycles. The van der Waals surface area contributed by atoms with Crippen molar-refractivity contribution in [1.82, 2.24) is 19.4 Å². The van der Waals surface area contributed by atoms with Gasteiger partial charge in [-0.05, 0) is 62.2 Å². The largest absolute Gasteiger partial charge is 0.341 e. The summed E-state index contributed by atoms with van der Waals surface area (Å²) in [6.07, 6.45) is 3.55. The van der Waals surface area contributed by atoms with E-state index in [0.717, 1.165) is 87.6 Å². The van der Waals surface area contributed by atoms with E-state index in [0.29, 0.717) is 13.0 Å². The van der Waals surface area contributed by atoms with Gasteiger partial charge in [0.25, 0.3) is 5.91 Å². The number of benzene rings is 3. The number of nitrogens with zero attached hydrogens (tertiary/aromatic N) is 6. The van der Waals surface area contributed by atoms with Crippen LogP contribution < -0.4 is 4.90 Å². The average Bonchev–Trinajstić information content (AvgIpc) is 3.55. The van der Waals surface area contributed by atoms with Gasteiger partial charge in [-0.2, -0.15) is 5.26 Å². The Hall–Kier alpha value is -4.15. The molecular weight excluding hydrogens is 508 g/mol. The summed E-state index contributed by atoms with van der Waals surface area (Å²) in [4.78, 5) is 25.4. The van der Waals surface area contributed by atoms with E-state index in [2.05, 4.69) is 67.8 Å². The molecular formula is C34H38N6O. The first-order valence-electron chi connectivity index (χ1n) is 14.9. The summed E-state index contributed by atoms with van der Waals surface area (Å²) in [7, 11) is 0. The van der Waals surface area contributed by atoms with Crippen LogP contribution in [0.5, 0.6) is 0 Å². The van der Waals surface area contributed by atoms with Crippen molar-refractivity contribution in [2.45, 2.75) is 37.6 Å². The molecule has 210 valence electrons. The summed E-state index contributed by atoms with van der Waals surface area (Å²) in [5.41, 5.74) is 4.15. The zero-order valence-corrected chi connectivity index (χ0v) is 23.7. The molecule has 2 fully saturated rings. The maximum absolute atomic E-state index is 13.3. The van der Waals surface area contributed by atoms with Gasteiger partial charge in [-0.1, -0.05) is 60.7 Å². The molecule has 6 rings (SSSR count). The number of aromatic nitrogens is 2. The number of rotatable bonds is 8. The molecule has 7 nitrogen and oxygen atoms in total. The predicted molar refractivity (Wildman–Crippen MR) is 163 cm³/mol. The van der Waals surface area contributed by atoms with E-state index in [9.17, 15) is 10.1 Å². The molecule has 2 saturated heterocycles. The molecule has 0 saturated carbocycles. The van der Waals surface area contributed by atoms with Crippen molar-refractivity contribution in [2.24, 2.45) is 0 Å². The molecule has 0 spiro atoms. The summed E-state index contributed by atoms with van der Waals surface area (Å²) in [6, 6.07) is 31.0. The normalized spacial score (nSPS) is 19.8. The molecule has 3 aromatic carbocycles. The monoisotopic (exact) mass is 546 g/mol. The minimum atomic E-state index is -0.0387. The van der Waals surface area contributed by atoms with E-state index in [1.807, 2.05) is 42.5 Å². The molecule has 1 atom stereocenters. The van der Waals surface area contributed by atoms with E-state index >= 15 is 0 Å². The minimum absolute atomic E-state index is 0.0387. The number of amides is 1. The highest BCUT2D eigenvalue weighted by atomic mass is 16.2. The van der Waals surface area contributed by atoms with Gasteiger partial charge in [0, 0.05) is 50.2 Å². The number of carbonyl (C=O) groups excluding carboxylic acids is 1. The lowest BCUT2D eigenvalue weighted by atomic mass is 9.76. The van der Waals surface area contributed by atoms with Gasteiger partial charge >= 0.3 is 0 Å². The number of anilines is 1. The Balaban J connectivity index is 1.15. The van der Waals surface area contributed by atoms with Crippen molar-refractivity contribution in [2.75, 3.05) is 50.7 Å². The Kier molecular flexibility index (Phi) is 8.02. The summed E-state index contributed by atoms with van der Waals surface area (Å²) < 4.78 is 2.22. The molecule has 2 aliphatic rings. The van der Waals surface area contributed by atoms with Gasteiger partial charge in [-0.25, -0.2) is 4.98 Å². The predicted octanol–water partition coefficient (Wildman–Crippen LogP) is 5.34. The highest BCUT2D eigenvalue weighted by molar-refractivity contribution is 5.94. The minimum Gasteiger partial charge on any atom is -0.341 e. The number of aryl methyl sites for hydroxylation is 1. The lowest BCUT2D eigenvalue weighted by Gasteiger charge is -2.33. The fourth-order valence-corrected chi connectivity index (χ4v) is 6.64. The first kappa shape index (κ1) is 27.0. The number of hydrogen-bond acceptors (Lipinski definition) is 5. The molecule has 3 heterocycles. The van der Waals surface area contributed by atoms with Crippen LogP contribution in [0.15, 0.2) is 84.9 Å². The lowest BCUT2D eigenvalue weighted by Crippen LogP contribution is -2.39. The van der Waals surface area contributed by atoms with Crippen LogP contribution in [-0.2, 0) is 12.0 Å². The van der Waals surface area contributed by atoms with Crippen LogP contribution >= 0.6 is 0 Å². The number of nitriles is 1. The molecule has 0 N–H and O–H groups in total. The van der Waals surface area contributed by atoms with E-state index in [-0.39, 0.29) is 11.3 Å². The third-order valence-corrected chi connectivity index (χ3v) is 8.91. The summed E-state index contributed by atoms with van der Waals surface area (Å²) >= 11 is 0. The first-order chi connectivity index (χ1) is 20.2. The third kappa shape index (κ3) is 5.71. The number of imidazole rings is 1. The van der Waals surface area contributed by atoms with Crippen molar-refractivity contribution in [3.63, 3.8) is 0 Å². The quantitative estimate of drug-likeness (QED) is 0.299. The topological polar surface area (TPSA) is 68.4 Å². The van der Waals surface area contributed by atoms with Crippen LogP contribution in [0, 0.1) is 11.3 Å². The molecule has 1 unspecified atom stereocenters. The Morgan fingerprint density at radius 3 is 2.41 bits per heavy atom. The molecule has 1 amide bonds. The van der Waals surface area contributed by atoms with E-state index in [4.69, 9.17) is 4.98 Å². The van der Waals surface area contributed by atoms with Gasteiger partial charge in [-0.15, -0.1) is 0 Å². The van der Waals surface area contributed by atoms with E-state index < -0.39 is 0 Å². The van der Waals surface area contributed by atoms with Crippen LogP contribution in [0.1, 0.15) is 41.6 Å². The highest BCUT2D eigenvalue weighted by Crippen LogP contribution is 2.38. The average molecular weight is 547 g/mol. The standard InChI is InChI=1S/C34H38N6O/c35-19-9-22-40-31-16-8-7-15-30(31)36-33(40)38-21-10-20-37(25-26-38)23-17-34(29-13-5-2-6-14-29)18-24-39(27-34)32(41)28-11-3-1-4-12-28/h1-8,11-16H,9-10,17-18,20-27H2. The fraction of sp³-hybridized carbons (Fsp3) is 0.382. The van der Waals surface area contributed by atoms with Crippen LogP contribution in [0.25, 0.3) is 11.0 Å². The summed E-state index contributed by atoms with van der Waals surface area (Å²) in [5.74, 6) is 1.11. The maximum atomic E-state index is 13.3. The summed E-state index contributed by atoms with van der Waals surface area (Å²) in [6.45, 7) is 7.09. The Labute approximate surface area is 242 Å². The molecule has 0 bridgehead atoms. The number of carbonyl (C=O) groups is 1. The molecule has 7 heteroatoms. The van der Waals surface area contributed by atoms with Gasteiger partial charge in [0.2, 0.25) is 5.95 Å². The second-order valence-corrected chi connectivity index (χ2v) is 11.4. The molecule has 1 aromatic heterocycles. The fourth-order valence-electron chi connectivity index (χ4n) is 6.64. The Morgan fingerprint density at radius 2 is 1.61 bits per heavy atom. The van der Waals surface area contributed by atoms with Crippen LogP contribution in [-0.4, -0.2) is 71.1 Å². The number of fused-ring (bicyclic) bond motifs is 1. The summed E-state index contributed by atoms with van der Waals surface area (Å²) in [5, 5.41) is 9.25. The van der Waals surface area contributed by atoms with Crippen LogP contribution in [0.2, 0.25) is 0 Å². The van der Waals surface area contributed by atoms with Gasteiger partial charge in [0.05, 0.1) is 23.5 Å². The third-order valence-electron chi connectivity index (χ3n) is 8.91. The number of likely N-dealkylation sites (tertiary alicyclic amines) is 1.